The summed E-state index contributed by atoms with van der Waals surface area (Å²) in [6.45, 7) is 3.50. The monoisotopic (exact) mass is 433 g/mol. The molecule has 0 fully saturated rings. The zero-order valence-corrected chi connectivity index (χ0v) is 18.3. The van der Waals surface area contributed by atoms with Crippen molar-refractivity contribution < 1.29 is 13.9 Å². The maximum atomic E-state index is 13.6. The third kappa shape index (κ3) is 3.96. The molecule has 2 aromatic carbocycles. The van der Waals surface area contributed by atoms with E-state index in [-0.39, 0.29) is 17.8 Å². The fourth-order valence-electron chi connectivity index (χ4n) is 4.99. The number of aryl methyl sites for hydroxylation is 1. The topological polar surface area (TPSA) is 60.5 Å². The summed E-state index contributed by atoms with van der Waals surface area (Å²) in [5.74, 6) is -0.589. The summed E-state index contributed by atoms with van der Waals surface area (Å²) < 4.78 is 21.8. The Morgan fingerprint density at radius 2 is 2.06 bits per heavy atom. The van der Waals surface area contributed by atoms with Crippen LogP contribution in [0.2, 0.25) is 0 Å². The van der Waals surface area contributed by atoms with Crippen LogP contribution >= 0.6 is 0 Å². The van der Waals surface area contributed by atoms with Crippen molar-refractivity contribution in [2.45, 2.75) is 25.4 Å². The SMILES string of the molecule is Cn1c(C2=CCN(CCC3OCCc4cc(C(N)=O)ccc43)CC2)cc2ccc(F)cc21. The summed E-state index contributed by atoms with van der Waals surface area (Å²) >= 11 is 0. The molecule has 3 heterocycles. The van der Waals surface area contributed by atoms with Gasteiger partial charge in [-0.05, 0) is 72.4 Å². The first kappa shape index (κ1) is 20.9. The van der Waals surface area contributed by atoms with E-state index in [4.69, 9.17) is 10.5 Å². The van der Waals surface area contributed by atoms with Gasteiger partial charge in [0, 0.05) is 43.3 Å². The van der Waals surface area contributed by atoms with E-state index in [9.17, 15) is 9.18 Å². The highest BCUT2D eigenvalue weighted by Crippen LogP contribution is 2.32. The number of aromatic nitrogens is 1. The second-order valence-electron chi connectivity index (χ2n) is 8.75. The van der Waals surface area contributed by atoms with Crippen molar-refractivity contribution in [3.05, 3.63) is 76.7 Å². The second kappa shape index (κ2) is 8.52. The molecule has 0 bridgehead atoms. The standard InChI is InChI=1S/C26H28FN3O2/c1-29-23(15-19-2-4-21(27)16-24(19)29)17-6-10-30(11-7-17)12-8-25-22-5-3-20(26(28)31)14-18(22)9-13-32-25/h2-6,14-16,25H,7-13H2,1H3,(H2,28,31). The van der Waals surface area contributed by atoms with Crippen LogP contribution in [0.1, 0.15) is 46.1 Å². The third-order valence-corrected chi connectivity index (χ3v) is 6.80. The Hall–Kier alpha value is -2.96. The zero-order valence-electron chi connectivity index (χ0n) is 18.3. The molecular formula is C26H28FN3O2. The van der Waals surface area contributed by atoms with E-state index in [2.05, 4.69) is 21.6 Å². The summed E-state index contributed by atoms with van der Waals surface area (Å²) in [7, 11) is 2.01. The number of rotatable bonds is 5. The lowest BCUT2D eigenvalue weighted by Gasteiger charge is -2.31. The number of ether oxygens (including phenoxy) is 1. The lowest BCUT2D eigenvalue weighted by atomic mass is 9.93. The molecule has 6 heteroatoms. The number of carbonyl (C=O) groups is 1. The van der Waals surface area contributed by atoms with Crippen molar-refractivity contribution in [1.82, 2.24) is 9.47 Å². The predicted octanol–water partition coefficient (Wildman–Crippen LogP) is 4.21. The molecule has 3 aromatic rings. The predicted molar refractivity (Wildman–Crippen MR) is 124 cm³/mol. The molecule has 5 rings (SSSR count). The molecule has 2 N–H and O–H groups in total. The molecule has 1 aromatic heterocycles. The molecule has 2 aliphatic rings. The molecular weight excluding hydrogens is 405 g/mol. The van der Waals surface area contributed by atoms with E-state index in [1.165, 1.54) is 28.5 Å². The Kier molecular flexibility index (Phi) is 5.57. The van der Waals surface area contributed by atoms with Crippen LogP contribution in [-0.2, 0) is 18.2 Å². The molecule has 1 atom stereocenters. The van der Waals surface area contributed by atoms with E-state index in [1.54, 1.807) is 12.1 Å². The van der Waals surface area contributed by atoms with Crippen molar-refractivity contribution in [3.63, 3.8) is 0 Å². The Morgan fingerprint density at radius 3 is 2.84 bits per heavy atom. The van der Waals surface area contributed by atoms with Gasteiger partial charge in [0.1, 0.15) is 5.82 Å². The van der Waals surface area contributed by atoms with E-state index in [1.807, 2.05) is 25.2 Å². The fourth-order valence-corrected chi connectivity index (χ4v) is 4.99. The summed E-state index contributed by atoms with van der Waals surface area (Å²) in [5, 5.41) is 1.07. The van der Waals surface area contributed by atoms with Gasteiger partial charge in [-0.1, -0.05) is 12.1 Å². The van der Waals surface area contributed by atoms with Crippen LogP contribution < -0.4 is 5.73 Å². The summed E-state index contributed by atoms with van der Waals surface area (Å²) in [5.41, 5.74) is 11.8. The van der Waals surface area contributed by atoms with Crippen LogP contribution in [0.25, 0.3) is 16.5 Å². The maximum Gasteiger partial charge on any atom is 0.248 e. The number of halogens is 1. The Morgan fingerprint density at radius 1 is 1.19 bits per heavy atom. The van der Waals surface area contributed by atoms with Gasteiger partial charge in [-0.2, -0.15) is 0 Å². The molecule has 2 aliphatic heterocycles. The van der Waals surface area contributed by atoms with Gasteiger partial charge < -0.3 is 15.0 Å². The normalized spacial score (nSPS) is 19.1. The largest absolute Gasteiger partial charge is 0.373 e. The molecule has 0 radical (unpaired) electrons. The summed E-state index contributed by atoms with van der Waals surface area (Å²) in [6, 6.07) is 12.8. The molecule has 32 heavy (non-hydrogen) atoms. The van der Waals surface area contributed by atoms with Crippen molar-refractivity contribution in [2.24, 2.45) is 12.8 Å². The van der Waals surface area contributed by atoms with E-state index < -0.39 is 0 Å². The van der Waals surface area contributed by atoms with E-state index in [0.717, 1.165) is 49.8 Å². The average molecular weight is 434 g/mol. The number of hydrogen-bond acceptors (Lipinski definition) is 3. The number of primary amides is 1. The Balaban J connectivity index is 1.24. The highest BCUT2D eigenvalue weighted by Gasteiger charge is 2.23. The average Bonchev–Trinajstić information content (AvgIpc) is 3.13. The lowest BCUT2D eigenvalue weighted by Crippen LogP contribution is -2.31. The van der Waals surface area contributed by atoms with Crippen molar-refractivity contribution in [1.29, 1.82) is 0 Å². The van der Waals surface area contributed by atoms with Gasteiger partial charge in [-0.25, -0.2) is 4.39 Å². The van der Waals surface area contributed by atoms with Gasteiger partial charge in [0.05, 0.1) is 18.2 Å². The summed E-state index contributed by atoms with van der Waals surface area (Å²) in [6.07, 6.45) is 5.05. The van der Waals surface area contributed by atoms with Crippen LogP contribution in [0.3, 0.4) is 0 Å². The van der Waals surface area contributed by atoms with Crippen molar-refractivity contribution >= 4 is 22.4 Å². The molecule has 166 valence electrons. The van der Waals surface area contributed by atoms with E-state index >= 15 is 0 Å². The van der Waals surface area contributed by atoms with Gasteiger partial charge in [0.15, 0.2) is 0 Å². The first-order valence-corrected chi connectivity index (χ1v) is 11.2. The number of amides is 1. The number of carbonyl (C=O) groups excluding carboxylic acids is 1. The van der Waals surface area contributed by atoms with Gasteiger partial charge in [0.25, 0.3) is 0 Å². The van der Waals surface area contributed by atoms with Gasteiger partial charge in [0.2, 0.25) is 5.91 Å². The molecule has 0 aliphatic carbocycles. The van der Waals surface area contributed by atoms with Crippen molar-refractivity contribution in [3.8, 4) is 0 Å². The molecule has 0 saturated carbocycles. The number of hydrogen-bond donors (Lipinski definition) is 1. The molecule has 0 spiro atoms. The number of nitrogens with zero attached hydrogens (tertiary/aromatic N) is 2. The molecule has 5 nitrogen and oxygen atoms in total. The Labute approximate surface area is 187 Å². The second-order valence-corrected chi connectivity index (χ2v) is 8.75. The number of nitrogens with two attached hydrogens (primary N) is 1. The molecule has 0 saturated heterocycles. The van der Waals surface area contributed by atoms with Crippen molar-refractivity contribution in [2.75, 3.05) is 26.2 Å². The highest BCUT2D eigenvalue weighted by atomic mass is 19.1. The lowest BCUT2D eigenvalue weighted by molar-refractivity contribution is 0.0299. The summed E-state index contributed by atoms with van der Waals surface area (Å²) in [4.78, 5) is 13.9. The first-order valence-electron chi connectivity index (χ1n) is 11.2. The highest BCUT2D eigenvalue weighted by molar-refractivity contribution is 5.93. The van der Waals surface area contributed by atoms with Crippen LogP contribution in [0.15, 0.2) is 48.5 Å². The number of fused-ring (bicyclic) bond motifs is 2. The minimum Gasteiger partial charge on any atom is -0.373 e. The van der Waals surface area contributed by atoms with Gasteiger partial charge >= 0.3 is 0 Å². The quantitative estimate of drug-likeness (QED) is 0.656. The molecule has 1 amide bonds. The van der Waals surface area contributed by atoms with Crippen LogP contribution in [0.5, 0.6) is 0 Å². The van der Waals surface area contributed by atoms with Crippen LogP contribution in [0, 0.1) is 5.82 Å². The minimum atomic E-state index is -0.386. The zero-order chi connectivity index (χ0) is 22.2. The number of benzene rings is 2. The van der Waals surface area contributed by atoms with E-state index in [0.29, 0.717) is 12.2 Å². The van der Waals surface area contributed by atoms with Gasteiger partial charge in [-0.3, -0.25) is 9.69 Å². The van der Waals surface area contributed by atoms with Gasteiger partial charge in [-0.15, -0.1) is 0 Å². The molecule has 1 unspecified atom stereocenters. The van der Waals surface area contributed by atoms with Crippen LogP contribution in [-0.4, -0.2) is 41.6 Å². The smallest absolute Gasteiger partial charge is 0.248 e. The maximum absolute atomic E-state index is 13.6. The first-order chi connectivity index (χ1) is 15.5. The fraction of sp³-hybridized carbons (Fsp3) is 0.346. The third-order valence-electron chi connectivity index (χ3n) is 6.80. The van der Waals surface area contributed by atoms with Crippen LogP contribution in [0.4, 0.5) is 4.39 Å². The minimum absolute atomic E-state index is 0.0547. The Bertz CT molecular complexity index is 1210.